The van der Waals surface area contributed by atoms with E-state index in [-0.39, 0.29) is 11.5 Å². The molecule has 0 atom stereocenters. The highest BCUT2D eigenvalue weighted by molar-refractivity contribution is 9.10. The molecule has 1 saturated carbocycles. The minimum Gasteiger partial charge on any atom is -0.504 e. The highest BCUT2D eigenvalue weighted by Gasteiger charge is 2.41. The molecule has 4 heteroatoms. The minimum atomic E-state index is -0.601. The van der Waals surface area contributed by atoms with Crippen LogP contribution < -0.4 is 0 Å². The van der Waals surface area contributed by atoms with Gasteiger partial charge in [0.15, 0.2) is 11.5 Å². The van der Waals surface area contributed by atoms with E-state index in [1.807, 2.05) is 6.92 Å². The van der Waals surface area contributed by atoms with Gasteiger partial charge in [0.05, 0.1) is 10.1 Å². The third kappa shape index (κ3) is 1.96. The molecule has 0 amide bonds. The fraction of sp³-hybridized carbons (Fsp3) is 0.455. The summed E-state index contributed by atoms with van der Waals surface area (Å²) in [5, 5.41) is 28.8. The Morgan fingerprint density at radius 1 is 1.40 bits per heavy atom. The van der Waals surface area contributed by atoms with E-state index in [0.717, 1.165) is 24.0 Å². The second kappa shape index (κ2) is 3.39. The van der Waals surface area contributed by atoms with Crippen molar-refractivity contribution in [3.8, 4) is 11.5 Å². The molecule has 0 bridgehead atoms. The average Bonchev–Trinajstić information content (AvgIpc) is 2.89. The van der Waals surface area contributed by atoms with Gasteiger partial charge in [0.1, 0.15) is 0 Å². The number of hydrogen-bond donors (Lipinski definition) is 3. The van der Waals surface area contributed by atoms with E-state index >= 15 is 0 Å². The third-order valence-electron chi connectivity index (χ3n) is 2.88. The lowest BCUT2D eigenvalue weighted by Crippen LogP contribution is -2.12. The van der Waals surface area contributed by atoms with E-state index in [0.29, 0.717) is 10.9 Å². The molecule has 0 saturated heterocycles. The number of hydrogen-bond acceptors (Lipinski definition) is 3. The van der Waals surface area contributed by atoms with Crippen molar-refractivity contribution in [2.24, 2.45) is 0 Å². The first-order chi connectivity index (χ1) is 6.93. The summed E-state index contributed by atoms with van der Waals surface area (Å²) < 4.78 is 0.486. The lowest BCUT2D eigenvalue weighted by atomic mass is 10.0. The van der Waals surface area contributed by atoms with Crippen LogP contribution in [0.1, 0.15) is 24.0 Å². The second-order valence-corrected chi connectivity index (χ2v) is 5.05. The first kappa shape index (κ1) is 10.8. The van der Waals surface area contributed by atoms with Gasteiger partial charge in [-0.3, -0.25) is 0 Å². The highest BCUT2D eigenvalue weighted by Crippen LogP contribution is 2.44. The van der Waals surface area contributed by atoms with Crippen molar-refractivity contribution in [3.05, 3.63) is 21.7 Å². The molecule has 1 aromatic carbocycles. The van der Waals surface area contributed by atoms with Gasteiger partial charge in [0.25, 0.3) is 0 Å². The van der Waals surface area contributed by atoms with Gasteiger partial charge >= 0.3 is 0 Å². The van der Waals surface area contributed by atoms with E-state index in [1.54, 1.807) is 0 Å². The monoisotopic (exact) mass is 272 g/mol. The molecule has 2 rings (SSSR count). The summed E-state index contributed by atoms with van der Waals surface area (Å²) in [6.07, 6.45) is 2.13. The summed E-state index contributed by atoms with van der Waals surface area (Å²) in [7, 11) is 0. The van der Waals surface area contributed by atoms with Crippen LogP contribution >= 0.6 is 15.9 Å². The Bertz CT molecular complexity index is 411. The van der Waals surface area contributed by atoms with Crippen LogP contribution in [0.3, 0.4) is 0 Å². The van der Waals surface area contributed by atoms with Crippen LogP contribution in [0, 0.1) is 6.92 Å². The second-order valence-electron chi connectivity index (χ2n) is 4.25. The van der Waals surface area contributed by atoms with Crippen LogP contribution in [0.4, 0.5) is 0 Å². The number of aryl methyl sites for hydroxylation is 1. The largest absolute Gasteiger partial charge is 0.504 e. The predicted octanol–water partition coefficient (Wildman–Crippen LogP) is 2.24. The molecule has 1 fully saturated rings. The van der Waals surface area contributed by atoms with Crippen LogP contribution in [0.5, 0.6) is 11.5 Å². The number of halogens is 1. The molecule has 3 nitrogen and oxygen atoms in total. The molecule has 15 heavy (non-hydrogen) atoms. The van der Waals surface area contributed by atoms with Crippen LogP contribution in [-0.2, 0) is 6.42 Å². The van der Waals surface area contributed by atoms with Gasteiger partial charge in [-0.1, -0.05) is 0 Å². The topological polar surface area (TPSA) is 60.7 Å². The molecule has 0 heterocycles. The summed E-state index contributed by atoms with van der Waals surface area (Å²) in [5.74, 6) is -0.286. The maximum absolute atomic E-state index is 9.83. The summed E-state index contributed by atoms with van der Waals surface area (Å²) in [6, 6.07) is 1.52. The van der Waals surface area contributed by atoms with Crippen LogP contribution in [-0.4, -0.2) is 20.9 Å². The van der Waals surface area contributed by atoms with Crippen molar-refractivity contribution < 1.29 is 15.3 Å². The van der Waals surface area contributed by atoms with Gasteiger partial charge in [-0.15, -0.1) is 0 Å². The predicted molar refractivity (Wildman–Crippen MR) is 60.1 cm³/mol. The van der Waals surface area contributed by atoms with Gasteiger partial charge in [-0.25, -0.2) is 0 Å². The molecular weight excluding hydrogens is 260 g/mol. The SMILES string of the molecule is Cc1cc(O)c(O)c(Br)c1CC1(O)CC1. The van der Waals surface area contributed by atoms with Crippen LogP contribution in [0.2, 0.25) is 0 Å². The highest BCUT2D eigenvalue weighted by atomic mass is 79.9. The molecule has 82 valence electrons. The van der Waals surface area contributed by atoms with Gasteiger partial charge in [-0.05, 0) is 52.9 Å². The van der Waals surface area contributed by atoms with Gasteiger partial charge < -0.3 is 15.3 Å². The summed E-state index contributed by atoms with van der Waals surface area (Å²) in [4.78, 5) is 0. The number of benzene rings is 1. The number of phenols is 2. The van der Waals surface area contributed by atoms with E-state index in [1.165, 1.54) is 6.07 Å². The molecular formula is C11H13BrO3. The Labute approximate surface area is 96.5 Å². The van der Waals surface area contributed by atoms with Crippen molar-refractivity contribution in [3.63, 3.8) is 0 Å². The first-order valence-corrected chi connectivity index (χ1v) is 5.64. The molecule has 1 aliphatic rings. The van der Waals surface area contributed by atoms with Gasteiger partial charge in [-0.2, -0.15) is 0 Å². The van der Waals surface area contributed by atoms with E-state index < -0.39 is 5.60 Å². The summed E-state index contributed by atoms with van der Waals surface area (Å²) in [5.41, 5.74) is 1.14. The first-order valence-electron chi connectivity index (χ1n) is 4.85. The fourth-order valence-electron chi connectivity index (χ4n) is 1.66. The minimum absolute atomic E-state index is 0.133. The smallest absolute Gasteiger partial charge is 0.172 e. The Balaban J connectivity index is 2.41. The molecule has 0 spiro atoms. The Morgan fingerprint density at radius 2 is 2.00 bits per heavy atom. The number of phenolic OH excluding ortho intramolecular Hbond substituents is 2. The number of aliphatic hydroxyl groups is 1. The van der Waals surface area contributed by atoms with Gasteiger partial charge in [0.2, 0.25) is 0 Å². The Morgan fingerprint density at radius 3 is 2.53 bits per heavy atom. The zero-order valence-electron chi connectivity index (χ0n) is 8.42. The van der Waals surface area contributed by atoms with Crippen molar-refractivity contribution in [2.75, 3.05) is 0 Å². The standard InChI is InChI=1S/C11H13BrO3/c1-6-4-8(13)10(14)9(12)7(6)5-11(15)2-3-11/h4,13-15H,2-3,5H2,1H3. The van der Waals surface area contributed by atoms with Crippen LogP contribution in [0.25, 0.3) is 0 Å². The lowest BCUT2D eigenvalue weighted by molar-refractivity contribution is 0.150. The maximum Gasteiger partial charge on any atom is 0.172 e. The molecule has 0 radical (unpaired) electrons. The van der Waals surface area contributed by atoms with Crippen molar-refractivity contribution >= 4 is 15.9 Å². The Kier molecular flexibility index (Phi) is 2.43. The molecule has 0 unspecified atom stereocenters. The average molecular weight is 273 g/mol. The van der Waals surface area contributed by atoms with Gasteiger partial charge in [0, 0.05) is 6.42 Å². The summed E-state index contributed by atoms with van der Waals surface area (Å²) in [6.45, 7) is 1.85. The molecule has 1 aliphatic carbocycles. The van der Waals surface area contributed by atoms with E-state index in [2.05, 4.69) is 15.9 Å². The van der Waals surface area contributed by atoms with Crippen LogP contribution in [0.15, 0.2) is 10.5 Å². The third-order valence-corrected chi connectivity index (χ3v) is 3.73. The van der Waals surface area contributed by atoms with E-state index in [9.17, 15) is 15.3 Å². The van der Waals surface area contributed by atoms with Crippen molar-refractivity contribution in [2.45, 2.75) is 31.8 Å². The van der Waals surface area contributed by atoms with Crippen molar-refractivity contribution in [1.29, 1.82) is 0 Å². The Hall–Kier alpha value is -0.740. The maximum atomic E-state index is 9.83. The summed E-state index contributed by atoms with van der Waals surface area (Å²) >= 11 is 3.24. The van der Waals surface area contributed by atoms with E-state index in [4.69, 9.17) is 0 Å². The fourth-order valence-corrected chi connectivity index (χ4v) is 2.31. The molecule has 3 N–H and O–H groups in total. The number of rotatable bonds is 2. The molecule has 1 aromatic rings. The zero-order chi connectivity index (χ0) is 11.2. The molecule has 0 aliphatic heterocycles. The number of aromatic hydroxyl groups is 2. The quantitative estimate of drug-likeness (QED) is 0.724. The lowest BCUT2D eigenvalue weighted by Gasteiger charge is -2.14. The molecule has 0 aromatic heterocycles. The normalized spacial score (nSPS) is 17.8. The zero-order valence-corrected chi connectivity index (χ0v) is 10.0. The van der Waals surface area contributed by atoms with Crippen molar-refractivity contribution in [1.82, 2.24) is 0 Å².